The molecular weight excluding hydrogens is 322 g/mol. The lowest BCUT2D eigenvalue weighted by Gasteiger charge is -2.01. The standard InChI is InChI=1S/C14H18BrN3S/c1-2-6-16-8-12-9-17-14(18-12)10-19-13-5-3-4-11(15)7-13/h3-5,7,9,16H,2,6,8,10H2,1H3,(H,17,18). The Bertz CT molecular complexity index is 513. The zero-order chi connectivity index (χ0) is 13.5. The second-order valence-corrected chi connectivity index (χ2v) is 6.24. The smallest absolute Gasteiger partial charge is 0.116 e. The lowest BCUT2D eigenvalue weighted by Crippen LogP contribution is -2.13. The number of hydrogen-bond donors (Lipinski definition) is 2. The summed E-state index contributed by atoms with van der Waals surface area (Å²) in [5.74, 6) is 1.89. The molecule has 3 nitrogen and oxygen atoms in total. The van der Waals surface area contributed by atoms with Crippen LogP contribution in [0.15, 0.2) is 39.8 Å². The van der Waals surface area contributed by atoms with Crippen molar-refractivity contribution in [1.29, 1.82) is 0 Å². The van der Waals surface area contributed by atoms with E-state index in [9.17, 15) is 0 Å². The fourth-order valence-electron chi connectivity index (χ4n) is 1.68. The van der Waals surface area contributed by atoms with E-state index < -0.39 is 0 Å². The van der Waals surface area contributed by atoms with E-state index >= 15 is 0 Å². The highest BCUT2D eigenvalue weighted by Crippen LogP contribution is 2.24. The monoisotopic (exact) mass is 339 g/mol. The molecule has 2 N–H and O–H groups in total. The fourth-order valence-corrected chi connectivity index (χ4v) is 3.06. The van der Waals surface area contributed by atoms with Crippen molar-refractivity contribution in [3.8, 4) is 0 Å². The molecule has 0 saturated heterocycles. The molecule has 5 heteroatoms. The first kappa shape index (κ1) is 14.6. The first-order valence-corrected chi connectivity index (χ1v) is 8.17. The van der Waals surface area contributed by atoms with E-state index in [0.29, 0.717) is 0 Å². The molecule has 0 unspecified atom stereocenters. The Labute approximate surface area is 126 Å². The van der Waals surface area contributed by atoms with E-state index in [1.165, 1.54) is 4.90 Å². The SMILES string of the molecule is CCCNCc1cnc(CSc2cccc(Br)c2)[nH]1. The van der Waals surface area contributed by atoms with Gasteiger partial charge < -0.3 is 10.3 Å². The van der Waals surface area contributed by atoms with Crippen molar-refractivity contribution in [2.75, 3.05) is 6.54 Å². The number of aromatic amines is 1. The Morgan fingerprint density at radius 1 is 1.42 bits per heavy atom. The van der Waals surface area contributed by atoms with E-state index in [0.717, 1.165) is 41.3 Å². The molecule has 1 heterocycles. The number of imidazole rings is 1. The fraction of sp³-hybridized carbons (Fsp3) is 0.357. The van der Waals surface area contributed by atoms with Crippen molar-refractivity contribution in [2.45, 2.75) is 30.5 Å². The molecule has 1 aromatic heterocycles. The van der Waals surface area contributed by atoms with E-state index in [2.05, 4.69) is 56.3 Å². The predicted octanol–water partition coefficient (Wildman–Crippen LogP) is 3.96. The van der Waals surface area contributed by atoms with Crippen LogP contribution in [0.1, 0.15) is 24.9 Å². The first-order chi connectivity index (χ1) is 9.28. The third-order valence-corrected chi connectivity index (χ3v) is 4.09. The average molecular weight is 340 g/mol. The van der Waals surface area contributed by atoms with E-state index in [-0.39, 0.29) is 0 Å². The highest BCUT2D eigenvalue weighted by atomic mass is 79.9. The molecule has 0 aliphatic rings. The second-order valence-electron chi connectivity index (χ2n) is 4.28. The zero-order valence-corrected chi connectivity index (χ0v) is 13.4. The molecule has 19 heavy (non-hydrogen) atoms. The van der Waals surface area contributed by atoms with Gasteiger partial charge in [0.15, 0.2) is 0 Å². The van der Waals surface area contributed by atoms with Crippen LogP contribution in [0.3, 0.4) is 0 Å². The number of aromatic nitrogens is 2. The van der Waals surface area contributed by atoms with Gasteiger partial charge in [-0.15, -0.1) is 11.8 Å². The number of nitrogens with one attached hydrogen (secondary N) is 2. The van der Waals surface area contributed by atoms with E-state index in [1.807, 2.05) is 12.3 Å². The van der Waals surface area contributed by atoms with Crippen LogP contribution in [0.5, 0.6) is 0 Å². The van der Waals surface area contributed by atoms with Crippen molar-refractivity contribution in [1.82, 2.24) is 15.3 Å². The molecule has 0 amide bonds. The summed E-state index contributed by atoms with van der Waals surface area (Å²) in [6.45, 7) is 4.07. The van der Waals surface area contributed by atoms with Crippen molar-refractivity contribution in [3.63, 3.8) is 0 Å². The van der Waals surface area contributed by atoms with Crippen LogP contribution in [-0.4, -0.2) is 16.5 Å². The van der Waals surface area contributed by atoms with E-state index in [4.69, 9.17) is 0 Å². The lowest BCUT2D eigenvalue weighted by atomic mass is 10.4. The molecule has 2 rings (SSSR count). The molecule has 0 fully saturated rings. The quantitative estimate of drug-likeness (QED) is 0.592. The number of halogens is 1. The number of hydrogen-bond acceptors (Lipinski definition) is 3. The molecule has 0 saturated carbocycles. The zero-order valence-electron chi connectivity index (χ0n) is 10.9. The Balaban J connectivity index is 1.83. The minimum absolute atomic E-state index is 0.863. The van der Waals surface area contributed by atoms with Gasteiger partial charge in [0, 0.05) is 27.8 Å². The summed E-state index contributed by atoms with van der Waals surface area (Å²) in [4.78, 5) is 9.00. The summed E-state index contributed by atoms with van der Waals surface area (Å²) in [5.41, 5.74) is 1.15. The summed E-state index contributed by atoms with van der Waals surface area (Å²) in [5, 5.41) is 3.36. The van der Waals surface area contributed by atoms with Crippen molar-refractivity contribution in [2.24, 2.45) is 0 Å². The Kier molecular flexibility index (Phi) is 5.94. The molecule has 1 aromatic carbocycles. The maximum Gasteiger partial charge on any atom is 0.116 e. The number of nitrogens with zero attached hydrogens (tertiary/aromatic N) is 1. The molecule has 0 atom stereocenters. The summed E-state index contributed by atoms with van der Waals surface area (Å²) >= 11 is 5.27. The summed E-state index contributed by atoms with van der Waals surface area (Å²) in [6, 6.07) is 8.32. The van der Waals surface area contributed by atoms with Crippen LogP contribution in [-0.2, 0) is 12.3 Å². The van der Waals surface area contributed by atoms with Crippen LogP contribution in [0.2, 0.25) is 0 Å². The third-order valence-electron chi connectivity index (χ3n) is 2.59. The van der Waals surface area contributed by atoms with Gasteiger partial charge >= 0.3 is 0 Å². The number of rotatable bonds is 7. The Morgan fingerprint density at radius 3 is 3.11 bits per heavy atom. The normalized spacial score (nSPS) is 10.8. The summed E-state index contributed by atoms with van der Waals surface area (Å²) in [7, 11) is 0. The molecule has 0 spiro atoms. The minimum atomic E-state index is 0.863. The van der Waals surface area contributed by atoms with Gasteiger partial charge in [0.2, 0.25) is 0 Å². The van der Waals surface area contributed by atoms with Gasteiger partial charge in [0.1, 0.15) is 5.82 Å². The van der Waals surface area contributed by atoms with Crippen molar-refractivity contribution in [3.05, 3.63) is 46.5 Å². The van der Waals surface area contributed by atoms with Crippen LogP contribution in [0, 0.1) is 0 Å². The maximum atomic E-state index is 4.40. The molecule has 2 aromatic rings. The lowest BCUT2D eigenvalue weighted by molar-refractivity contribution is 0.666. The van der Waals surface area contributed by atoms with Gasteiger partial charge in [-0.2, -0.15) is 0 Å². The van der Waals surface area contributed by atoms with E-state index in [1.54, 1.807) is 11.8 Å². The second kappa shape index (κ2) is 7.72. The van der Waals surface area contributed by atoms with Crippen LogP contribution in [0.4, 0.5) is 0 Å². The minimum Gasteiger partial charge on any atom is -0.344 e. The van der Waals surface area contributed by atoms with Gasteiger partial charge in [-0.3, -0.25) is 0 Å². The third kappa shape index (κ3) is 5.01. The highest BCUT2D eigenvalue weighted by molar-refractivity contribution is 9.10. The molecule has 0 radical (unpaired) electrons. The van der Waals surface area contributed by atoms with Gasteiger partial charge in [-0.1, -0.05) is 28.9 Å². The van der Waals surface area contributed by atoms with Gasteiger partial charge in [-0.25, -0.2) is 4.98 Å². The van der Waals surface area contributed by atoms with Crippen molar-refractivity contribution < 1.29 is 0 Å². The molecule has 0 bridgehead atoms. The number of H-pyrrole nitrogens is 1. The van der Waals surface area contributed by atoms with Crippen molar-refractivity contribution >= 4 is 27.7 Å². The number of benzene rings is 1. The highest BCUT2D eigenvalue weighted by Gasteiger charge is 2.02. The first-order valence-electron chi connectivity index (χ1n) is 6.39. The van der Waals surface area contributed by atoms with Crippen LogP contribution < -0.4 is 5.32 Å². The topological polar surface area (TPSA) is 40.7 Å². The Hall–Kier alpha value is -0.780. The molecule has 0 aliphatic carbocycles. The molecular formula is C14H18BrN3S. The molecule has 102 valence electrons. The summed E-state index contributed by atoms with van der Waals surface area (Å²) < 4.78 is 1.11. The largest absolute Gasteiger partial charge is 0.344 e. The predicted molar refractivity (Wildman–Crippen MR) is 84.3 cm³/mol. The number of thioether (sulfide) groups is 1. The van der Waals surface area contributed by atoms with Crippen LogP contribution >= 0.6 is 27.7 Å². The average Bonchev–Trinajstić information content (AvgIpc) is 2.85. The summed E-state index contributed by atoms with van der Waals surface area (Å²) in [6.07, 6.45) is 3.07. The van der Waals surface area contributed by atoms with Gasteiger partial charge in [0.25, 0.3) is 0 Å². The maximum absolute atomic E-state index is 4.40. The molecule has 0 aliphatic heterocycles. The van der Waals surface area contributed by atoms with Crippen LogP contribution in [0.25, 0.3) is 0 Å². The van der Waals surface area contributed by atoms with Gasteiger partial charge in [-0.05, 0) is 31.2 Å². The Morgan fingerprint density at radius 2 is 2.32 bits per heavy atom. The van der Waals surface area contributed by atoms with Gasteiger partial charge in [0.05, 0.1) is 5.75 Å².